The van der Waals surface area contributed by atoms with E-state index in [2.05, 4.69) is 21.0 Å². The van der Waals surface area contributed by atoms with Gasteiger partial charge in [0.05, 0.1) is 12.2 Å². The quantitative estimate of drug-likeness (QED) is 0.825. The second-order valence-electron chi connectivity index (χ2n) is 3.76. The third-order valence-electron chi connectivity index (χ3n) is 2.50. The minimum atomic E-state index is 0.822. The molecule has 2 aromatic heterocycles. The van der Waals surface area contributed by atoms with Crippen molar-refractivity contribution >= 4 is 5.82 Å². The molecule has 2 aromatic rings. The summed E-state index contributed by atoms with van der Waals surface area (Å²) in [6, 6.07) is 6.20. The predicted molar refractivity (Wildman–Crippen MR) is 60.7 cm³/mol. The molecule has 0 saturated carbocycles. The van der Waals surface area contributed by atoms with Crippen molar-refractivity contribution in [3.05, 3.63) is 35.8 Å². The van der Waals surface area contributed by atoms with E-state index in [0.29, 0.717) is 0 Å². The first-order chi connectivity index (χ1) is 7.16. The molecule has 2 heterocycles. The zero-order valence-corrected chi connectivity index (χ0v) is 9.36. The van der Waals surface area contributed by atoms with Crippen LogP contribution in [0, 0.1) is 6.92 Å². The van der Waals surface area contributed by atoms with Gasteiger partial charge in [-0.3, -0.25) is 4.68 Å². The Morgan fingerprint density at radius 1 is 1.40 bits per heavy atom. The molecular weight excluding hydrogens is 188 g/mol. The zero-order valence-electron chi connectivity index (χ0n) is 9.36. The molecule has 0 spiro atoms. The van der Waals surface area contributed by atoms with Crippen molar-refractivity contribution in [3.63, 3.8) is 0 Å². The fourth-order valence-electron chi connectivity index (χ4n) is 1.64. The molecule has 0 saturated heterocycles. The minimum absolute atomic E-state index is 0.822. The van der Waals surface area contributed by atoms with Gasteiger partial charge in [-0.1, -0.05) is 0 Å². The standard InChI is InChI=1S/C11H16N4/c1-9-7-11(15(3)13-9)12-8-10-5-4-6-14(10)2/h4-7,12H,8H2,1-3H3. The zero-order chi connectivity index (χ0) is 10.8. The van der Waals surface area contributed by atoms with Gasteiger partial charge in [0.2, 0.25) is 0 Å². The number of nitrogens with one attached hydrogen (secondary N) is 1. The second kappa shape index (κ2) is 3.81. The van der Waals surface area contributed by atoms with Crippen molar-refractivity contribution in [3.8, 4) is 0 Å². The van der Waals surface area contributed by atoms with Crippen LogP contribution in [0.2, 0.25) is 0 Å². The van der Waals surface area contributed by atoms with Gasteiger partial charge in [-0.25, -0.2) is 0 Å². The van der Waals surface area contributed by atoms with E-state index in [-0.39, 0.29) is 0 Å². The smallest absolute Gasteiger partial charge is 0.124 e. The summed E-state index contributed by atoms with van der Waals surface area (Å²) in [6.45, 7) is 2.82. The topological polar surface area (TPSA) is 34.8 Å². The summed E-state index contributed by atoms with van der Waals surface area (Å²) in [7, 11) is 3.99. The number of aromatic nitrogens is 3. The van der Waals surface area contributed by atoms with Crippen molar-refractivity contribution in [2.45, 2.75) is 13.5 Å². The van der Waals surface area contributed by atoms with Gasteiger partial charge in [0, 0.05) is 32.1 Å². The lowest BCUT2D eigenvalue weighted by molar-refractivity contribution is 0.752. The molecular formula is C11H16N4. The average molecular weight is 204 g/mol. The van der Waals surface area contributed by atoms with Crippen LogP contribution < -0.4 is 5.32 Å². The second-order valence-corrected chi connectivity index (χ2v) is 3.76. The Morgan fingerprint density at radius 3 is 2.73 bits per heavy atom. The van der Waals surface area contributed by atoms with Crippen LogP contribution in [0.4, 0.5) is 5.82 Å². The normalized spacial score (nSPS) is 10.6. The van der Waals surface area contributed by atoms with Crippen molar-refractivity contribution in [2.24, 2.45) is 14.1 Å². The fourth-order valence-corrected chi connectivity index (χ4v) is 1.64. The lowest BCUT2D eigenvalue weighted by Gasteiger charge is -2.07. The molecule has 0 aliphatic heterocycles. The van der Waals surface area contributed by atoms with Crippen molar-refractivity contribution in [2.75, 3.05) is 5.32 Å². The summed E-state index contributed by atoms with van der Waals surface area (Å²) in [5, 5.41) is 7.64. The fraction of sp³-hybridized carbons (Fsp3) is 0.364. The minimum Gasteiger partial charge on any atom is -0.365 e. The lowest BCUT2D eigenvalue weighted by atomic mass is 10.4. The predicted octanol–water partition coefficient (Wildman–Crippen LogP) is 1.68. The number of anilines is 1. The molecule has 4 heteroatoms. The maximum absolute atomic E-state index is 4.28. The van der Waals surface area contributed by atoms with Gasteiger partial charge in [-0.2, -0.15) is 5.10 Å². The SMILES string of the molecule is Cc1cc(NCc2cccn2C)n(C)n1. The lowest BCUT2D eigenvalue weighted by Crippen LogP contribution is -2.07. The van der Waals surface area contributed by atoms with Gasteiger partial charge in [-0.15, -0.1) is 0 Å². The van der Waals surface area contributed by atoms with Gasteiger partial charge < -0.3 is 9.88 Å². The van der Waals surface area contributed by atoms with Crippen LogP contribution in [-0.4, -0.2) is 14.3 Å². The van der Waals surface area contributed by atoms with Crippen LogP contribution in [0.1, 0.15) is 11.4 Å². The van der Waals surface area contributed by atoms with E-state index in [1.165, 1.54) is 5.69 Å². The third-order valence-corrected chi connectivity index (χ3v) is 2.50. The maximum Gasteiger partial charge on any atom is 0.124 e. The molecule has 0 aliphatic carbocycles. The first-order valence-electron chi connectivity index (χ1n) is 5.01. The van der Waals surface area contributed by atoms with Gasteiger partial charge >= 0.3 is 0 Å². The summed E-state index contributed by atoms with van der Waals surface area (Å²) in [6.07, 6.45) is 2.05. The van der Waals surface area contributed by atoms with E-state index in [1.54, 1.807) is 0 Å². The van der Waals surface area contributed by atoms with Gasteiger partial charge in [0.15, 0.2) is 0 Å². The largest absolute Gasteiger partial charge is 0.365 e. The van der Waals surface area contributed by atoms with Gasteiger partial charge in [0.25, 0.3) is 0 Å². The van der Waals surface area contributed by atoms with E-state index in [0.717, 1.165) is 18.1 Å². The van der Waals surface area contributed by atoms with E-state index >= 15 is 0 Å². The van der Waals surface area contributed by atoms with Crippen LogP contribution in [0.3, 0.4) is 0 Å². The van der Waals surface area contributed by atoms with Crippen molar-refractivity contribution < 1.29 is 0 Å². The number of nitrogens with zero attached hydrogens (tertiary/aromatic N) is 3. The summed E-state index contributed by atoms with van der Waals surface area (Å²) >= 11 is 0. The number of hydrogen-bond donors (Lipinski definition) is 1. The molecule has 0 bridgehead atoms. The number of aryl methyl sites for hydroxylation is 3. The number of rotatable bonds is 3. The Balaban J connectivity index is 2.05. The van der Waals surface area contributed by atoms with E-state index in [1.807, 2.05) is 44.0 Å². The molecule has 0 radical (unpaired) electrons. The Kier molecular flexibility index (Phi) is 2.49. The highest BCUT2D eigenvalue weighted by atomic mass is 15.3. The third kappa shape index (κ3) is 2.03. The highest BCUT2D eigenvalue weighted by Gasteiger charge is 2.02. The maximum atomic E-state index is 4.28. The van der Waals surface area contributed by atoms with Gasteiger partial charge in [-0.05, 0) is 19.1 Å². The highest BCUT2D eigenvalue weighted by Crippen LogP contribution is 2.10. The molecule has 0 fully saturated rings. The summed E-state index contributed by atoms with van der Waals surface area (Å²) in [5.41, 5.74) is 2.29. The molecule has 2 rings (SSSR count). The Bertz CT molecular complexity index is 453. The summed E-state index contributed by atoms with van der Waals surface area (Å²) < 4.78 is 3.97. The highest BCUT2D eigenvalue weighted by molar-refractivity contribution is 5.37. The van der Waals surface area contributed by atoms with Crippen molar-refractivity contribution in [1.29, 1.82) is 0 Å². The summed E-state index contributed by atoms with van der Waals surface area (Å²) in [5.74, 6) is 1.05. The Morgan fingerprint density at radius 2 is 2.20 bits per heavy atom. The molecule has 4 nitrogen and oxygen atoms in total. The first kappa shape index (κ1) is 9.83. The van der Waals surface area contributed by atoms with E-state index in [9.17, 15) is 0 Å². The molecule has 1 N–H and O–H groups in total. The molecule has 0 aliphatic rings. The Hall–Kier alpha value is -1.71. The molecule has 80 valence electrons. The molecule has 0 aromatic carbocycles. The van der Waals surface area contributed by atoms with Crippen LogP contribution in [-0.2, 0) is 20.6 Å². The first-order valence-corrected chi connectivity index (χ1v) is 5.01. The van der Waals surface area contributed by atoms with Crippen LogP contribution >= 0.6 is 0 Å². The van der Waals surface area contributed by atoms with E-state index in [4.69, 9.17) is 0 Å². The van der Waals surface area contributed by atoms with Crippen molar-refractivity contribution in [1.82, 2.24) is 14.3 Å². The molecule has 0 amide bonds. The molecule has 0 atom stereocenters. The van der Waals surface area contributed by atoms with E-state index < -0.39 is 0 Å². The Labute approximate surface area is 89.5 Å². The molecule has 0 unspecified atom stereocenters. The average Bonchev–Trinajstić information content (AvgIpc) is 2.70. The van der Waals surface area contributed by atoms with Crippen LogP contribution in [0.25, 0.3) is 0 Å². The van der Waals surface area contributed by atoms with Gasteiger partial charge in [0.1, 0.15) is 5.82 Å². The van der Waals surface area contributed by atoms with Crippen LogP contribution in [0.5, 0.6) is 0 Å². The monoisotopic (exact) mass is 204 g/mol. The number of hydrogen-bond acceptors (Lipinski definition) is 2. The van der Waals surface area contributed by atoms with Crippen LogP contribution in [0.15, 0.2) is 24.4 Å². The molecule has 15 heavy (non-hydrogen) atoms. The summed E-state index contributed by atoms with van der Waals surface area (Å²) in [4.78, 5) is 0.